The van der Waals surface area contributed by atoms with Crippen molar-refractivity contribution in [3.05, 3.63) is 98.3 Å². The number of aromatic nitrogens is 1. The van der Waals surface area contributed by atoms with Gasteiger partial charge in [-0.2, -0.15) is 5.26 Å². The number of nitrogens with zero attached hydrogens (tertiary/aromatic N) is 1. The van der Waals surface area contributed by atoms with E-state index in [1.807, 2.05) is 44.2 Å². The van der Waals surface area contributed by atoms with Gasteiger partial charge in [0, 0.05) is 11.8 Å². The Labute approximate surface area is 192 Å². The third-order valence-corrected chi connectivity index (χ3v) is 5.47. The van der Waals surface area contributed by atoms with Crippen LogP contribution in [0.3, 0.4) is 0 Å². The molecule has 33 heavy (non-hydrogen) atoms. The smallest absolute Gasteiger partial charge is 0.256 e. The number of hydrogen-bond donors (Lipinski definition) is 2. The Morgan fingerprint density at radius 2 is 1.85 bits per heavy atom. The maximum absolute atomic E-state index is 12.8. The van der Waals surface area contributed by atoms with Crippen molar-refractivity contribution in [2.75, 3.05) is 6.61 Å². The maximum Gasteiger partial charge on any atom is 0.256 e. The largest absolute Gasteiger partial charge is 0.490 e. The van der Waals surface area contributed by atoms with Crippen molar-refractivity contribution in [1.82, 2.24) is 4.98 Å². The lowest BCUT2D eigenvalue weighted by atomic mass is 9.84. The van der Waals surface area contributed by atoms with Gasteiger partial charge in [0.1, 0.15) is 24.0 Å². The quantitative estimate of drug-likeness (QED) is 0.591. The molecule has 3 N–H and O–H groups in total. The molecule has 0 saturated carbocycles. The topological polar surface area (TPSA) is 110 Å². The highest BCUT2D eigenvalue weighted by Gasteiger charge is 2.34. The van der Waals surface area contributed by atoms with Crippen LogP contribution in [0.5, 0.6) is 17.2 Å². The number of rotatable bonds is 6. The number of nitrogens with one attached hydrogen (secondary N) is 1. The zero-order valence-corrected chi connectivity index (χ0v) is 18.8. The first-order chi connectivity index (χ1) is 15.9. The Hall–Kier alpha value is -4.18. The number of aryl methyl sites for hydroxylation is 2. The lowest BCUT2D eigenvalue weighted by molar-refractivity contribution is 0.269. The number of benzene rings is 2. The SMILES string of the molecule is CCOc1cc([C@H]2C(C#N)=C(N)Oc3cc(C)[nH]c(=O)c32)ccc1OCc1ccc(C)cc1. The van der Waals surface area contributed by atoms with E-state index in [1.165, 1.54) is 5.56 Å². The molecule has 1 atom stereocenters. The maximum atomic E-state index is 12.8. The van der Waals surface area contributed by atoms with Crippen LogP contribution in [0.15, 0.2) is 64.8 Å². The molecule has 0 aliphatic carbocycles. The van der Waals surface area contributed by atoms with Gasteiger partial charge in [0.25, 0.3) is 5.56 Å². The van der Waals surface area contributed by atoms with Crippen LogP contribution in [-0.2, 0) is 6.61 Å². The molecule has 0 saturated heterocycles. The number of aromatic amines is 1. The Kier molecular flexibility index (Phi) is 6.09. The van der Waals surface area contributed by atoms with Gasteiger partial charge in [-0.05, 0) is 44.0 Å². The number of allylic oxidation sites excluding steroid dienone is 1. The second kappa shape index (κ2) is 9.13. The molecule has 7 heteroatoms. The summed E-state index contributed by atoms with van der Waals surface area (Å²) in [7, 11) is 0. The Bertz CT molecular complexity index is 1320. The molecule has 1 aliphatic rings. The Balaban J connectivity index is 1.74. The molecule has 1 aliphatic heterocycles. The minimum Gasteiger partial charge on any atom is -0.490 e. The van der Waals surface area contributed by atoms with Crippen LogP contribution in [0.1, 0.15) is 40.8 Å². The van der Waals surface area contributed by atoms with Gasteiger partial charge in [0.15, 0.2) is 11.5 Å². The fourth-order valence-corrected chi connectivity index (χ4v) is 3.88. The van der Waals surface area contributed by atoms with Crippen molar-refractivity contribution in [3.63, 3.8) is 0 Å². The molecule has 1 aromatic heterocycles. The van der Waals surface area contributed by atoms with E-state index in [0.717, 1.165) is 5.56 Å². The molecule has 2 heterocycles. The summed E-state index contributed by atoms with van der Waals surface area (Å²) in [6.45, 7) is 6.49. The summed E-state index contributed by atoms with van der Waals surface area (Å²) < 4.78 is 17.5. The zero-order chi connectivity index (χ0) is 23.5. The van der Waals surface area contributed by atoms with E-state index in [4.69, 9.17) is 19.9 Å². The van der Waals surface area contributed by atoms with Gasteiger partial charge in [-0.3, -0.25) is 4.79 Å². The molecular weight excluding hydrogens is 418 g/mol. The Morgan fingerprint density at radius 1 is 1.09 bits per heavy atom. The lowest BCUT2D eigenvalue weighted by Gasteiger charge is -2.26. The monoisotopic (exact) mass is 443 g/mol. The van der Waals surface area contributed by atoms with Gasteiger partial charge in [0.05, 0.1) is 18.1 Å². The van der Waals surface area contributed by atoms with Crippen LogP contribution in [0.25, 0.3) is 0 Å². The first kappa shape index (κ1) is 22.0. The van der Waals surface area contributed by atoms with E-state index in [-0.39, 0.29) is 17.0 Å². The van der Waals surface area contributed by atoms with Gasteiger partial charge in [0.2, 0.25) is 5.88 Å². The third kappa shape index (κ3) is 4.41. The molecular formula is C26H25N3O4. The molecule has 0 radical (unpaired) electrons. The molecule has 0 unspecified atom stereocenters. The summed E-state index contributed by atoms with van der Waals surface area (Å²) in [4.78, 5) is 15.6. The number of H-pyrrole nitrogens is 1. The summed E-state index contributed by atoms with van der Waals surface area (Å²) in [6, 6.07) is 17.3. The van der Waals surface area contributed by atoms with E-state index in [9.17, 15) is 10.1 Å². The fraction of sp³-hybridized carbons (Fsp3) is 0.231. The van der Waals surface area contributed by atoms with Gasteiger partial charge in [-0.15, -0.1) is 0 Å². The van der Waals surface area contributed by atoms with Gasteiger partial charge in [-0.1, -0.05) is 35.9 Å². The van der Waals surface area contributed by atoms with Crippen molar-refractivity contribution >= 4 is 0 Å². The number of ether oxygens (including phenoxy) is 3. The average molecular weight is 444 g/mol. The van der Waals surface area contributed by atoms with Crippen molar-refractivity contribution in [2.45, 2.75) is 33.3 Å². The molecule has 3 aromatic rings. The molecule has 168 valence electrons. The van der Waals surface area contributed by atoms with Crippen molar-refractivity contribution in [3.8, 4) is 23.3 Å². The second-order valence-corrected chi connectivity index (χ2v) is 7.90. The molecule has 0 bridgehead atoms. The predicted octanol–water partition coefficient (Wildman–Crippen LogP) is 4.19. The van der Waals surface area contributed by atoms with Crippen LogP contribution in [0.2, 0.25) is 0 Å². The Morgan fingerprint density at radius 3 is 2.55 bits per heavy atom. The molecule has 0 fully saturated rings. The van der Waals surface area contributed by atoms with Crippen molar-refractivity contribution < 1.29 is 14.2 Å². The third-order valence-electron chi connectivity index (χ3n) is 5.47. The van der Waals surface area contributed by atoms with E-state index in [0.29, 0.717) is 47.3 Å². The van der Waals surface area contributed by atoms with Crippen LogP contribution >= 0.6 is 0 Å². The number of pyridine rings is 1. The number of hydrogen-bond acceptors (Lipinski definition) is 6. The minimum absolute atomic E-state index is 0.0161. The highest BCUT2D eigenvalue weighted by molar-refractivity contribution is 5.57. The predicted molar refractivity (Wildman–Crippen MR) is 124 cm³/mol. The fourth-order valence-electron chi connectivity index (χ4n) is 3.88. The van der Waals surface area contributed by atoms with Gasteiger partial charge < -0.3 is 24.9 Å². The average Bonchev–Trinajstić information content (AvgIpc) is 2.78. The second-order valence-electron chi connectivity index (χ2n) is 7.90. The van der Waals surface area contributed by atoms with Crippen LogP contribution in [-0.4, -0.2) is 11.6 Å². The molecule has 7 nitrogen and oxygen atoms in total. The van der Waals surface area contributed by atoms with Crippen molar-refractivity contribution in [2.24, 2.45) is 5.73 Å². The van der Waals surface area contributed by atoms with Gasteiger partial charge >= 0.3 is 0 Å². The first-order valence-electron chi connectivity index (χ1n) is 10.7. The highest BCUT2D eigenvalue weighted by Crippen LogP contribution is 2.42. The van der Waals surface area contributed by atoms with E-state index >= 15 is 0 Å². The normalized spacial score (nSPS) is 14.8. The zero-order valence-electron chi connectivity index (χ0n) is 18.8. The van der Waals surface area contributed by atoms with Crippen molar-refractivity contribution in [1.29, 1.82) is 5.26 Å². The highest BCUT2D eigenvalue weighted by atomic mass is 16.5. The molecule has 4 rings (SSSR count). The summed E-state index contributed by atoms with van der Waals surface area (Å²) in [6.07, 6.45) is 0. The summed E-state index contributed by atoms with van der Waals surface area (Å²) >= 11 is 0. The number of fused-ring (bicyclic) bond motifs is 1. The number of nitriles is 1. The molecule has 0 amide bonds. The van der Waals surface area contributed by atoms with E-state index < -0.39 is 5.92 Å². The lowest BCUT2D eigenvalue weighted by Crippen LogP contribution is -2.28. The van der Waals surface area contributed by atoms with Gasteiger partial charge in [-0.25, -0.2) is 0 Å². The summed E-state index contributed by atoms with van der Waals surface area (Å²) in [5.74, 6) is 0.734. The standard InChI is InChI=1S/C26H25N3O4/c1-4-31-21-12-18(9-10-20(21)32-14-17-7-5-15(2)6-8-17)23-19(13-27)25(28)33-22-11-16(3)29-26(30)24(22)23/h5-12,23H,4,14,28H2,1-3H3,(H,29,30)/t23-/m0/s1. The van der Waals surface area contributed by atoms with E-state index in [2.05, 4.69) is 11.1 Å². The summed E-state index contributed by atoms with van der Waals surface area (Å²) in [5, 5.41) is 9.79. The molecule has 0 spiro atoms. The van der Waals surface area contributed by atoms with Crippen LogP contribution in [0, 0.1) is 25.2 Å². The first-order valence-corrected chi connectivity index (χ1v) is 10.7. The minimum atomic E-state index is -0.687. The van der Waals surface area contributed by atoms with E-state index in [1.54, 1.807) is 25.1 Å². The molecule has 2 aromatic carbocycles. The van der Waals surface area contributed by atoms with Crippen LogP contribution in [0.4, 0.5) is 0 Å². The number of nitrogens with two attached hydrogens (primary N) is 1. The van der Waals surface area contributed by atoms with Crippen LogP contribution < -0.4 is 25.5 Å². The summed E-state index contributed by atoms with van der Waals surface area (Å²) in [5.41, 5.74) is 9.77.